The predicted octanol–water partition coefficient (Wildman–Crippen LogP) is 2.47. The van der Waals surface area contributed by atoms with Gasteiger partial charge in [0.1, 0.15) is 15.7 Å². The maximum atomic E-state index is 13.4. The number of hydrogen-bond donors (Lipinski definition) is 2. The van der Waals surface area contributed by atoms with Crippen molar-refractivity contribution in [2.24, 2.45) is 0 Å². The van der Waals surface area contributed by atoms with Crippen molar-refractivity contribution in [3.8, 4) is 0 Å². The first-order valence-electron chi connectivity index (χ1n) is 6.51. The van der Waals surface area contributed by atoms with E-state index in [0.717, 1.165) is 6.26 Å². The average Bonchev–Trinajstić information content (AvgIpc) is 2.30. The third kappa shape index (κ3) is 6.57. The van der Waals surface area contributed by atoms with Gasteiger partial charge in [-0.1, -0.05) is 6.07 Å². The summed E-state index contributed by atoms with van der Waals surface area (Å²) in [5, 5.41) is 5.20. The molecule has 0 fully saturated rings. The molecule has 0 bridgehead atoms. The molecule has 0 aromatic heterocycles. The zero-order valence-electron chi connectivity index (χ0n) is 12.7. The Morgan fingerprint density at radius 1 is 1.33 bits per heavy atom. The van der Waals surface area contributed by atoms with Gasteiger partial charge in [-0.2, -0.15) is 0 Å². The molecule has 1 aromatic carbocycles. The molecule has 0 unspecified atom stereocenters. The highest BCUT2D eigenvalue weighted by Crippen LogP contribution is 2.14. The summed E-state index contributed by atoms with van der Waals surface area (Å²) in [6.45, 7) is 5.09. The molecule has 0 atom stereocenters. The number of nitrogens with one attached hydrogen (secondary N) is 2. The number of amides is 2. The van der Waals surface area contributed by atoms with Crippen molar-refractivity contribution in [1.82, 2.24) is 5.32 Å². The van der Waals surface area contributed by atoms with Crippen LogP contribution in [0.25, 0.3) is 0 Å². The highest BCUT2D eigenvalue weighted by molar-refractivity contribution is 7.90. The van der Waals surface area contributed by atoms with Crippen molar-refractivity contribution in [2.75, 3.05) is 17.3 Å². The minimum absolute atomic E-state index is 0.0144. The first-order chi connectivity index (χ1) is 9.48. The van der Waals surface area contributed by atoms with Crippen molar-refractivity contribution >= 4 is 21.6 Å². The van der Waals surface area contributed by atoms with Crippen molar-refractivity contribution in [1.29, 1.82) is 0 Å². The number of urea groups is 1. The van der Waals surface area contributed by atoms with Crippen LogP contribution in [0, 0.1) is 12.7 Å². The lowest BCUT2D eigenvalue weighted by Gasteiger charge is -2.26. The van der Waals surface area contributed by atoms with E-state index in [-0.39, 0.29) is 5.75 Å². The van der Waals surface area contributed by atoms with Crippen LogP contribution in [0.3, 0.4) is 0 Å². The smallest absolute Gasteiger partial charge is 0.319 e. The summed E-state index contributed by atoms with van der Waals surface area (Å²) in [5.41, 5.74) is 0.153. The van der Waals surface area contributed by atoms with E-state index in [9.17, 15) is 17.6 Å². The molecular formula is C14H21FN2O3S. The molecule has 21 heavy (non-hydrogen) atoms. The van der Waals surface area contributed by atoms with Gasteiger partial charge in [-0.25, -0.2) is 17.6 Å². The molecule has 0 radical (unpaired) electrons. The normalized spacial score (nSPS) is 12.0. The van der Waals surface area contributed by atoms with Gasteiger partial charge in [0.25, 0.3) is 0 Å². The van der Waals surface area contributed by atoms with E-state index in [1.165, 1.54) is 6.07 Å². The van der Waals surface area contributed by atoms with Crippen molar-refractivity contribution < 1.29 is 17.6 Å². The standard InChI is InChI=1S/C14H21FN2O3S/c1-10-5-6-11(9-12(10)15)16-13(18)17-14(2,3)7-8-21(4,19)20/h5-6,9H,7-8H2,1-4H3,(H2,16,17,18). The Hall–Kier alpha value is -1.63. The van der Waals surface area contributed by atoms with E-state index in [4.69, 9.17) is 0 Å². The van der Waals surface area contributed by atoms with Crippen LogP contribution in [0.15, 0.2) is 18.2 Å². The van der Waals surface area contributed by atoms with Crippen molar-refractivity contribution in [3.05, 3.63) is 29.6 Å². The number of halogens is 1. The molecule has 0 spiro atoms. The van der Waals surface area contributed by atoms with Gasteiger partial charge in [-0.05, 0) is 44.9 Å². The van der Waals surface area contributed by atoms with Crippen LogP contribution in [-0.4, -0.2) is 32.0 Å². The molecule has 2 amide bonds. The number of carbonyl (C=O) groups is 1. The zero-order valence-corrected chi connectivity index (χ0v) is 13.5. The quantitative estimate of drug-likeness (QED) is 0.876. The second-order valence-electron chi connectivity index (χ2n) is 5.81. The number of rotatable bonds is 5. The topological polar surface area (TPSA) is 75.3 Å². The lowest BCUT2D eigenvalue weighted by Crippen LogP contribution is -2.46. The molecule has 1 aromatic rings. The van der Waals surface area contributed by atoms with Crippen LogP contribution in [-0.2, 0) is 9.84 Å². The Balaban J connectivity index is 2.61. The van der Waals surface area contributed by atoms with Gasteiger partial charge in [0.2, 0.25) is 0 Å². The second-order valence-corrected chi connectivity index (χ2v) is 8.07. The van der Waals surface area contributed by atoms with Crippen LogP contribution >= 0.6 is 0 Å². The van der Waals surface area contributed by atoms with Gasteiger partial charge in [-0.15, -0.1) is 0 Å². The molecular weight excluding hydrogens is 295 g/mol. The Morgan fingerprint density at radius 2 is 1.95 bits per heavy atom. The van der Waals surface area contributed by atoms with Gasteiger partial charge in [0.05, 0.1) is 5.75 Å². The number of benzene rings is 1. The molecule has 5 nitrogen and oxygen atoms in total. The Morgan fingerprint density at radius 3 is 2.48 bits per heavy atom. The van der Waals surface area contributed by atoms with E-state index in [0.29, 0.717) is 17.7 Å². The molecule has 2 N–H and O–H groups in total. The first-order valence-corrected chi connectivity index (χ1v) is 8.58. The lowest BCUT2D eigenvalue weighted by molar-refractivity contribution is 0.240. The monoisotopic (exact) mass is 316 g/mol. The molecule has 7 heteroatoms. The van der Waals surface area contributed by atoms with Crippen LogP contribution < -0.4 is 10.6 Å². The molecule has 118 valence electrons. The van der Waals surface area contributed by atoms with Gasteiger partial charge in [0, 0.05) is 17.5 Å². The van der Waals surface area contributed by atoms with Crippen LogP contribution in [0.4, 0.5) is 14.9 Å². The first kappa shape index (κ1) is 17.4. The van der Waals surface area contributed by atoms with E-state index >= 15 is 0 Å². The van der Waals surface area contributed by atoms with Gasteiger partial charge in [0.15, 0.2) is 0 Å². The van der Waals surface area contributed by atoms with Crippen LogP contribution in [0.2, 0.25) is 0 Å². The number of carbonyl (C=O) groups excluding carboxylic acids is 1. The summed E-state index contributed by atoms with van der Waals surface area (Å²) in [5.74, 6) is -0.413. The Kier molecular flexibility index (Phi) is 5.33. The fourth-order valence-electron chi connectivity index (χ4n) is 1.64. The van der Waals surface area contributed by atoms with E-state index < -0.39 is 27.2 Å². The maximum Gasteiger partial charge on any atom is 0.319 e. The number of anilines is 1. The van der Waals surface area contributed by atoms with Crippen molar-refractivity contribution in [2.45, 2.75) is 32.7 Å². The molecule has 1 rings (SSSR count). The third-order valence-corrected chi connectivity index (χ3v) is 3.93. The molecule has 0 saturated heterocycles. The summed E-state index contributed by atoms with van der Waals surface area (Å²) in [4.78, 5) is 11.9. The largest absolute Gasteiger partial charge is 0.333 e. The van der Waals surface area contributed by atoms with Gasteiger partial charge >= 0.3 is 6.03 Å². The lowest BCUT2D eigenvalue weighted by atomic mass is 10.0. The zero-order chi connectivity index (χ0) is 16.3. The fourth-order valence-corrected chi connectivity index (χ4v) is 2.52. The van der Waals surface area contributed by atoms with Gasteiger partial charge in [-0.3, -0.25) is 0 Å². The van der Waals surface area contributed by atoms with Crippen molar-refractivity contribution in [3.63, 3.8) is 0 Å². The number of sulfone groups is 1. The molecule has 0 saturated carbocycles. The van der Waals surface area contributed by atoms with Crippen LogP contribution in [0.1, 0.15) is 25.8 Å². The second kappa shape index (κ2) is 6.43. The number of hydrogen-bond acceptors (Lipinski definition) is 3. The molecule has 0 aliphatic rings. The van der Waals surface area contributed by atoms with Crippen LogP contribution in [0.5, 0.6) is 0 Å². The maximum absolute atomic E-state index is 13.4. The Labute approximate surface area is 124 Å². The van der Waals surface area contributed by atoms with Gasteiger partial charge < -0.3 is 10.6 Å². The van der Waals surface area contributed by atoms with E-state index in [2.05, 4.69) is 10.6 Å². The highest BCUT2D eigenvalue weighted by Gasteiger charge is 2.22. The summed E-state index contributed by atoms with van der Waals surface area (Å²) >= 11 is 0. The highest BCUT2D eigenvalue weighted by atomic mass is 32.2. The SMILES string of the molecule is Cc1ccc(NC(=O)NC(C)(C)CCS(C)(=O)=O)cc1F. The summed E-state index contributed by atoms with van der Waals surface area (Å²) in [7, 11) is -3.08. The summed E-state index contributed by atoms with van der Waals surface area (Å²) in [6.07, 6.45) is 1.44. The molecule has 0 aliphatic heterocycles. The van der Waals surface area contributed by atoms with E-state index in [1.807, 2.05) is 0 Å². The fraction of sp³-hybridized carbons (Fsp3) is 0.500. The third-order valence-electron chi connectivity index (χ3n) is 2.98. The molecule has 0 heterocycles. The summed E-state index contributed by atoms with van der Waals surface area (Å²) in [6, 6.07) is 3.90. The number of aryl methyl sites for hydroxylation is 1. The minimum Gasteiger partial charge on any atom is -0.333 e. The summed E-state index contributed by atoms with van der Waals surface area (Å²) < 4.78 is 35.7. The Bertz CT molecular complexity index is 627. The minimum atomic E-state index is -3.08. The predicted molar refractivity (Wildman–Crippen MR) is 81.7 cm³/mol. The van der Waals surface area contributed by atoms with E-state index in [1.54, 1.807) is 32.9 Å². The average molecular weight is 316 g/mol. The molecule has 0 aliphatic carbocycles.